The number of anilines is 2. The van der Waals surface area contributed by atoms with Crippen molar-refractivity contribution in [3.8, 4) is 5.75 Å². The molecule has 7 nitrogen and oxygen atoms in total. The zero-order chi connectivity index (χ0) is 16.9. The van der Waals surface area contributed by atoms with Gasteiger partial charge in [0.25, 0.3) is 16.1 Å². The Morgan fingerprint density at radius 1 is 1.13 bits per heavy atom. The van der Waals surface area contributed by atoms with Gasteiger partial charge in [0, 0.05) is 10.2 Å². The van der Waals surface area contributed by atoms with Crippen molar-refractivity contribution < 1.29 is 17.9 Å². The van der Waals surface area contributed by atoms with E-state index >= 15 is 0 Å². The summed E-state index contributed by atoms with van der Waals surface area (Å²) in [4.78, 5) is 11.8. The third kappa shape index (κ3) is 6.27. The van der Waals surface area contributed by atoms with Crippen LogP contribution in [-0.4, -0.2) is 20.9 Å². The van der Waals surface area contributed by atoms with E-state index < -0.39 is 10.2 Å². The summed E-state index contributed by atoms with van der Waals surface area (Å²) >= 11 is 3.30. The Balaban J connectivity index is 1.92. The van der Waals surface area contributed by atoms with Gasteiger partial charge in [0.15, 0.2) is 6.61 Å². The highest BCUT2D eigenvalue weighted by Gasteiger charge is 2.06. The van der Waals surface area contributed by atoms with Crippen molar-refractivity contribution in [2.75, 3.05) is 16.6 Å². The van der Waals surface area contributed by atoms with Gasteiger partial charge in [-0.05, 0) is 42.5 Å². The maximum Gasteiger partial charge on any atom is 0.296 e. The van der Waals surface area contributed by atoms with Crippen LogP contribution in [-0.2, 0) is 15.0 Å². The van der Waals surface area contributed by atoms with Gasteiger partial charge in [0.05, 0.1) is 5.69 Å². The van der Waals surface area contributed by atoms with E-state index in [1.165, 1.54) is 12.1 Å². The van der Waals surface area contributed by atoms with Crippen molar-refractivity contribution in [2.45, 2.75) is 0 Å². The molecule has 2 rings (SSSR count). The molecule has 122 valence electrons. The molecular weight excluding hydrogens is 386 g/mol. The maximum absolute atomic E-state index is 11.8. The smallest absolute Gasteiger partial charge is 0.296 e. The summed E-state index contributed by atoms with van der Waals surface area (Å²) in [7, 11) is -3.86. The Morgan fingerprint density at radius 3 is 2.43 bits per heavy atom. The summed E-state index contributed by atoms with van der Waals surface area (Å²) in [6, 6.07) is 13.2. The number of hydrogen-bond acceptors (Lipinski definition) is 4. The van der Waals surface area contributed by atoms with Crippen LogP contribution in [0.2, 0.25) is 0 Å². The first-order valence-corrected chi connectivity index (χ1v) is 8.74. The Labute approximate surface area is 142 Å². The second-order valence-electron chi connectivity index (χ2n) is 4.52. The molecule has 23 heavy (non-hydrogen) atoms. The normalized spacial score (nSPS) is 10.9. The number of nitrogens with one attached hydrogen (secondary N) is 2. The highest BCUT2D eigenvalue weighted by Crippen LogP contribution is 2.17. The Hall–Kier alpha value is -2.10. The molecule has 0 atom stereocenters. The number of halogens is 1. The highest BCUT2D eigenvalue weighted by atomic mass is 79.9. The number of carbonyl (C=O) groups is 1. The molecule has 2 aromatic carbocycles. The standard InChI is InChI=1S/C14H14BrN3O4S/c15-10-4-6-13(7-5-10)22-9-14(19)17-11-2-1-3-12(8-11)18-23(16,20)21/h1-8,18H,9H2,(H,17,19)(H2,16,20,21). The van der Waals surface area contributed by atoms with Crippen LogP contribution in [0.1, 0.15) is 0 Å². The minimum Gasteiger partial charge on any atom is -0.484 e. The van der Waals surface area contributed by atoms with Crippen LogP contribution < -0.4 is 19.9 Å². The van der Waals surface area contributed by atoms with Crippen LogP contribution in [0.4, 0.5) is 11.4 Å². The molecule has 0 aliphatic carbocycles. The third-order valence-electron chi connectivity index (χ3n) is 2.59. The molecular formula is C14H14BrN3O4S. The van der Waals surface area contributed by atoms with E-state index in [9.17, 15) is 13.2 Å². The molecule has 2 aromatic rings. The van der Waals surface area contributed by atoms with E-state index in [0.29, 0.717) is 11.4 Å². The molecule has 1 amide bonds. The lowest BCUT2D eigenvalue weighted by atomic mass is 10.3. The first-order valence-electron chi connectivity index (χ1n) is 6.41. The minimum atomic E-state index is -3.86. The summed E-state index contributed by atoms with van der Waals surface area (Å²) in [6.45, 7) is -0.172. The fourth-order valence-electron chi connectivity index (χ4n) is 1.70. The number of amides is 1. The van der Waals surface area contributed by atoms with E-state index in [1.807, 2.05) is 0 Å². The monoisotopic (exact) mass is 399 g/mol. The summed E-state index contributed by atoms with van der Waals surface area (Å²) in [5, 5.41) is 7.49. The second kappa shape index (κ2) is 7.44. The molecule has 4 N–H and O–H groups in total. The van der Waals surface area contributed by atoms with E-state index in [1.54, 1.807) is 36.4 Å². The quantitative estimate of drug-likeness (QED) is 0.690. The molecule has 0 radical (unpaired) electrons. The molecule has 9 heteroatoms. The molecule has 0 heterocycles. The average Bonchev–Trinajstić information content (AvgIpc) is 2.45. The van der Waals surface area contributed by atoms with Gasteiger partial charge in [-0.3, -0.25) is 9.52 Å². The number of hydrogen-bond donors (Lipinski definition) is 3. The number of ether oxygens (including phenoxy) is 1. The van der Waals surface area contributed by atoms with Gasteiger partial charge in [-0.2, -0.15) is 8.42 Å². The van der Waals surface area contributed by atoms with Crippen LogP contribution in [0.25, 0.3) is 0 Å². The molecule has 0 unspecified atom stereocenters. The first-order chi connectivity index (χ1) is 10.8. The Morgan fingerprint density at radius 2 is 1.78 bits per heavy atom. The van der Waals surface area contributed by atoms with E-state index in [-0.39, 0.29) is 18.2 Å². The van der Waals surface area contributed by atoms with E-state index in [4.69, 9.17) is 9.88 Å². The first kappa shape index (κ1) is 17.3. The zero-order valence-electron chi connectivity index (χ0n) is 11.8. The topological polar surface area (TPSA) is 111 Å². The fraction of sp³-hybridized carbons (Fsp3) is 0.0714. The fourth-order valence-corrected chi connectivity index (χ4v) is 2.42. The van der Waals surface area contributed by atoms with E-state index in [2.05, 4.69) is 26.0 Å². The van der Waals surface area contributed by atoms with Gasteiger partial charge in [0.2, 0.25) is 0 Å². The minimum absolute atomic E-state index is 0.172. The second-order valence-corrected chi connectivity index (χ2v) is 6.73. The highest BCUT2D eigenvalue weighted by molar-refractivity contribution is 9.10. The predicted molar refractivity (Wildman–Crippen MR) is 91.4 cm³/mol. The summed E-state index contributed by atoms with van der Waals surface area (Å²) in [5.41, 5.74) is 0.669. The van der Waals surface area contributed by atoms with Gasteiger partial charge in [-0.1, -0.05) is 22.0 Å². The average molecular weight is 400 g/mol. The third-order valence-corrected chi connectivity index (χ3v) is 3.64. The Kier molecular flexibility index (Phi) is 5.59. The molecule has 0 spiro atoms. The summed E-state index contributed by atoms with van der Waals surface area (Å²) in [5.74, 6) is 0.189. The van der Waals surface area contributed by atoms with Crippen molar-refractivity contribution in [2.24, 2.45) is 5.14 Å². The molecule has 0 fully saturated rings. The SMILES string of the molecule is NS(=O)(=O)Nc1cccc(NC(=O)COc2ccc(Br)cc2)c1. The number of benzene rings is 2. The van der Waals surface area contributed by atoms with Crippen molar-refractivity contribution in [1.29, 1.82) is 0 Å². The molecule has 0 saturated heterocycles. The molecule has 0 bridgehead atoms. The Bertz CT molecular complexity index is 794. The van der Waals surface area contributed by atoms with Crippen molar-refractivity contribution >= 4 is 43.4 Å². The van der Waals surface area contributed by atoms with Gasteiger partial charge >= 0.3 is 0 Å². The zero-order valence-corrected chi connectivity index (χ0v) is 14.2. The lowest BCUT2D eigenvalue weighted by molar-refractivity contribution is -0.118. The van der Waals surface area contributed by atoms with Gasteiger partial charge in [-0.15, -0.1) is 0 Å². The lowest BCUT2D eigenvalue weighted by Gasteiger charge is -2.09. The summed E-state index contributed by atoms with van der Waals surface area (Å²) in [6.07, 6.45) is 0. The van der Waals surface area contributed by atoms with Crippen LogP contribution in [0.15, 0.2) is 53.0 Å². The van der Waals surface area contributed by atoms with Gasteiger partial charge in [0.1, 0.15) is 5.75 Å². The van der Waals surface area contributed by atoms with Crippen LogP contribution in [0, 0.1) is 0 Å². The van der Waals surface area contributed by atoms with Crippen molar-refractivity contribution in [1.82, 2.24) is 0 Å². The van der Waals surface area contributed by atoms with Crippen LogP contribution >= 0.6 is 15.9 Å². The number of carbonyl (C=O) groups excluding carboxylic acids is 1. The predicted octanol–water partition coefficient (Wildman–Crippen LogP) is 2.08. The van der Waals surface area contributed by atoms with Crippen LogP contribution in [0.3, 0.4) is 0 Å². The van der Waals surface area contributed by atoms with Crippen molar-refractivity contribution in [3.63, 3.8) is 0 Å². The summed E-state index contributed by atoms with van der Waals surface area (Å²) < 4.78 is 30.3. The molecule has 0 aliphatic heterocycles. The van der Waals surface area contributed by atoms with Crippen molar-refractivity contribution in [3.05, 3.63) is 53.0 Å². The largest absolute Gasteiger partial charge is 0.484 e. The van der Waals surface area contributed by atoms with Gasteiger partial charge in [-0.25, -0.2) is 5.14 Å². The number of rotatable bonds is 6. The maximum atomic E-state index is 11.8. The van der Waals surface area contributed by atoms with Crippen LogP contribution in [0.5, 0.6) is 5.75 Å². The lowest BCUT2D eigenvalue weighted by Crippen LogP contribution is -2.22. The molecule has 0 saturated carbocycles. The number of nitrogens with two attached hydrogens (primary N) is 1. The molecule has 0 aromatic heterocycles. The van der Waals surface area contributed by atoms with E-state index in [0.717, 1.165) is 4.47 Å². The molecule has 0 aliphatic rings. The van der Waals surface area contributed by atoms with Gasteiger partial charge < -0.3 is 10.1 Å².